The van der Waals surface area contributed by atoms with E-state index in [0.29, 0.717) is 37.3 Å². The van der Waals surface area contributed by atoms with Crippen molar-refractivity contribution < 1.29 is 42.8 Å². The minimum absolute atomic E-state index is 0.00406. The summed E-state index contributed by atoms with van der Waals surface area (Å²) >= 11 is 0. The van der Waals surface area contributed by atoms with E-state index in [1.165, 1.54) is 10.8 Å². The van der Waals surface area contributed by atoms with Crippen LogP contribution in [0.3, 0.4) is 0 Å². The van der Waals surface area contributed by atoms with Gasteiger partial charge in [-0.15, -0.1) is 0 Å². The maximum atomic E-state index is 12.5. The summed E-state index contributed by atoms with van der Waals surface area (Å²) in [7, 11) is 0. The number of nitrogens with zero attached hydrogens (tertiary/aromatic N) is 4. The molecular weight excluding hydrogens is 552 g/mol. The average molecular weight is 589 g/mol. The predicted molar refractivity (Wildman–Crippen MR) is 143 cm³/mol. The summed E-state index contributed by atoms with van der Waals surface area (Å²) in [6.45, 7) is 5.36. The Morgan fingerprint density at radius 1 is 1.19 bits per heavy atom. The number of nitrogens with one attached hydrogen (secondary N) is 1. The Balaban J connectivity index is 1.54. The third-order valence-electron chi connectivity index (χ3n) is 7.10. The smallest absolute Gasteiger partial charge is 0.323 e. The van der Waals surface area contributed by atoms with Gasteiger partial charge in [0.2, 0.25) is 5.60 Å². The molecule has 15 nitrogen and oxygen atoms in total. The molecule has 2 aliphatic heterocycles. The van der Waals surface area contributed by atoms with E-state index in [1.54, 1.807) is 32.9 Å². The molecule has 0 saturated carbocycles. The van der Waals surface area contributed by atoms with Crippen LogP contribution in [0.2, 0.25) is 0 Å². The zero-order valence-electron chi connectivity index (χ0n) is 23.8. The van der Waals surface area contributed by atoms with Gasteiger partial charge in [0.05, 0.1) is 32.2 Å². The Morgan fingerprint density at radius 3 is 2.60 bits per heavy atom. The molecule has 42 heavy (non-hydrogen) atoms. The normalized spacial score (nSPS) is 25.0. The molecular formula is C27H36N6O9. The highest BCUT2D eigenvalue weighted by molar-refractivity contribution is 5.75. The molecule has 2 aromatic rings. The number of hydrogen-bond acceptors (Lipinski definition) is 14. The number of fused-ring (bicyclic) bond motifs is 1. The fraction of sp³-hybridized carbons (Fsp3) is 0.630. The molecule has 0 aromatic carbocycles. The first kappa shape index (κ1) is 31.1. The van der Waals surface area contributed by atoms with Gasteiger partial charge in [-0.2, -0.15) is 10.4 Å². The van der Waals surface area contributed by atoms with E-state index in [-0.39, 0.29) is 31.5 Å². The van der Waals surface area contributed by atoms with Crippen molar-refractivity contribution in [1.29, 1.82) is 5.26 Å². The molecule has 2 aliphatic rings. The standard InChI is InChI=1S/C27H36N6O9/c1-4-20(34)40-23-22(18-6-7-19-25(29)30-14-32-33(18)19)42-27(12-28,24(23)41-21(35)5-2)13-38-15-31-16(3)26(36)39-17-8-10-37-11-9-17/h6-7,14,16-17,22-24,31H,4-5,8-11,13,15H2,1-3H3,(H2,29,30,32)/t16-,22-,23-,24-,27+/m0/s1. The largest absolute Gasteiger partial charge is 0.461 e. The fourth-order valence-electron chi connectivity index (χ4n) is 4.72. The SMILES string of the molecule is CCC(=O)O[C@H]1[C@H](c2ccc3c(N)ncnn23)O[C@](C#N)(COCN[C@@H](C)C(=O)OC2CCOCC2)[C@H]1OC(=O)CC. The van der Waals surface area contributed by atoms with Gasteiger partial charge in [-0.05, 0) is 19.1 Å². The first-order valence-corrected chi connectivity index (χ1v) is 13.9. The molecule has 0 aliphatic carbocycles. The Morgan fingerprint density at radius 2 is 1.90 bits per heavy atom. The second-order valence-electron chi connectivity index (χ2n) is 9.98. The molecule has 4 heterocycles. The van der Waals surface area contributed by atoms with Crippen molar-refractivity contribution in [3.8, 4) is 6.07 Å². The Bertz CT molecular complexity index is 1310. The van der Waals surface area contributed by atoms with Crippen LogP contribution in [-0.2, 0) is 42.8 Å². The van der Waals surface area contributed by atoms with Crippen LogP contribution in [0.1, 0.15) is 58.3 Å². The quantitative estimate of drug-likeness (QED) is 0.154. The van der Waals surface area contributed by atoms with Gasteiger partial charge < -0.3 is 34.2 Å². The lowest BCUT2D eigenvalue weighted by Crippen LogP contribution is -2.50. The predicted octanol–water partition coefficient (Wildman–Crippen LogP) is 0.963. The Kier molecular flexibility index (Phi) is 10.3. The Labute approximate surface area is 242 Å². The minimum atomic E-state index is -1.88. The van der Waals surface area contributed by atoms with Gasteiger partial charge in [0, 0.05) is 25.7 Å². The molecule has 0 amide bonds. The van der Waals surface area contributed by atoms with Crippen LogP contribution < -0.4 is 11.1 Å². The summed E-state index contributed by atoms with van der Waals surface area (Å²) in [5.74, 6) is -1.46. The van der Waals surface area contributed by atoms with Crippen LogP contribution in [0.4, 0.5) is 5.82 Å². The van der Waals surface area contributed by atoms with Gasteiger partial charge in [-0.25, -0.2) is 9.50 Å². The number of anilines is 1. The number of carbonyl (C=O) groups is 3. The zero-order chi connectivity index (χ0) is 30.3. The molecule has 0 bridgehead atoms. The van der Waals surface area contributed by atoms with Gasteiger partial charge >= 0.3 is 17.9 Å². The van der Waals surface area contributed by atoms with Crippen molar-refractivity contribution in [3.63, 3.8) is 0 Å². The number of rotatable bonds is 12. The number of carbonyl (C=O) groups excluding carboxylic acids is 3. The molecule has 0 unspecified atom stereocenters. The van der Waals surface area contributed by atoms with E-state index in [2.05, 4.69) is 21.5 Å². The topological polar surface area (TPSA) is 199 Å². The second kappa shape index (κ2) is 13.9. The van der Waals surface area contributed by atoms with Crippen LogP contribution >= 0.6 is 0 Å². The molecule has 2 saturated heterocycles. The van der Waals surface area contributed by atoms with Crippen molar-refractivity contribution in [2.24, 2.45) is 0 Å². The third-order valence-corrected chi connectivity index (χ3v) is 7.10. The maximum absolute atomic E-state index is 12.5. The third kappa shape index (κ3) is 6.79. The summed E-state index contributed by atoms with van der Waals surface area (Å²) < 4.78 is 35.7. The lowest BCUT2D eigenvalue weighted by molar-refractivity contribution is -0.170. The van der Waals surface area contributed by atoms with Crippen LogP contribution in [0.25, 0.3) is 5.52 Å². The van der Waals surface area contributed by atoms with Crippen LogP contribution in [0.15, 0.2) is 18.5 Å². The zero-order valence-corrected chi connectivity index (χ0v) is 23.8. The summed E-state index contributed by atoms with van der Waals surface area (Å²) in [6.07, 6.45) is -1.30. The van der Waals surface area contributed by atoms with E-state index < -0.39 is 54.5 Å². The van der Waals surface area contributed by atoms with Gasteiger partial charge in [-0.3, -0.25) is 19.7 Å². The molecule has 15 heteroatoms. The van der Waals surface area contributed by atoms with Crippen LogP contribution in [0, 0.1) is 11.3 Å². The number of nitrogen functional groups attached to an aromatic ring is 1. The summed E-state index contributed by atoms with van der Waals surface area (Å²) in [5, 5.41) is 17.5. The molecule has 0 spiro atoms. The highest BCUT2D eigenvalue weighted by Crippen LogP contribution is 2.44. The monoisotopic (exact) mass is 588 g/mol. The van der Waals surface area contributed by atoms with Crippen molar-refractivity contribution in [1.82, 2.24) is 19.9 Å². The molecule has 2 aromatic heterocycles. The maximum Gasteiger partial charge on any atom is 0.323 e. The number of ether oxygens (including phenoxy) is 6. The van der Waals surface area contributed by atoms with Crippen molar-refractivity contribution in [2.45, 2.75) is 82.5 Å². The summed E-state index contributed by atoms with van der Waals surface area (Å²) in [4.78, 5) is 41.5. The minimum Gasteiger partial charge on any atom is -0.461 e. The first-order valence-electron chi connectivity index (χ1n) is 13.9. The van der Waals surface area contributed by atoms with E-state index in [9.17, 15) is 19.6 Å². The average Bonchev–Trinajstić information content (AvgIpc) is 3.56. The second-order valence-corrected chi connectivity index (χ2v) is 9.98. The van der Waals surface area contributed by atoms with Crippen molar-refractivity contribution in [3.05, 3.63) is 24.2 Å². The molecule has 4 rings (SSSR count). The van der Waals surface area contributed by atoms with Crippen LogP contribution in [0.5, 0.6) is 0 Å². The molecule has 2 fully saturated rings. The highest BCUT2D eigenvalue weighted by Gasteiger charge is 2.61. The fourth-order valence-corrected chi connectivity index (χ4v) is 4.72. The molecule has 5 atom stereocenters. The Hall–Kier alpha value is -3.84. The molecule has 228 valence electrons. The number of nitrogens with two attached hydrogens (primary N) is 1. The van der Waals surface area contributed by atoms with E-state index >= 15 is 0 Å². The van der Waals surface area contributed by atoms with E-state index in [4.69, 9.17) is 34.2 Å². The highest BCUT2D eigenvalue weighted by atomic mass is 16.7. The number of aromatic nitrogens is 3. The molecule has 3 N–H and O–H groups in total. The van der Waals surface area contributed by atoms with Gasteiger partial charge in [0.25, 0.3) is 0 Å². The van der Waals surface area contributed by atoms with Crippen LogP contribution in [-0.4, -0.2) is 89.0 Å². The van der Waals surface area contributed by atoms with Crippen molar-refractivity contribution >= 4 is 29.2 Å². The number of hydrogen-bond donors (Lipinski definition) is 2. The lowest BCUT2D eigenvalue weighted by atomic mass is 9.95. The number of nitriles is 1. The lowest BCUT2D eigenvalue weighted by Gasteiger charge is -2.29. The van der Waals surface area contributed by atoms with Crippen molar-refractivity contribution in [2.75, 3.05) is 32.3 Å². The van der Waals surface area contributed by atoms with E-state index in [0.717, 1.165) is 0 Å². The van der Waals surface area contributed by atoms with Gasteiger partial charge in [0.15, 0.2) is 18.0 Å². The van der Waals surface area contributed by atoms with E-state index in [1.807, 2.05) is 0 Å². The van der Waals surface area contributed by atoms with Gasteiger partial charge in [0.1, 0.15) is 36.2 Å². The molecule has 0 radical (unpaired) electrons. The summed E-state index contributed by atoms with van der Waals surface area (Å²) in [6, 6.07) is 4.69. The first-order chi connectivity index (χ1) is 20.2. The number of esters is 3. The summed E-state index contributed by atoms with van der Waals surface area (Å²) in [5.41, 5.74) is 4.97. The van der Waals surface area contributed by atoms with Gasteiger partial charge in [-0.1, -0.05) is 13.8 Å².